The third-order valence-electron chi connectivity index (χ3n) is 1.34. The van der Waals surface area contributed by atoms with Gasteiger partial charge in [-0.05, 0) is 24.4 Å². The smallest absolute Gasteiger partial charge is 0.170 e. The number of aliphatic imine (C=N–C) groups is 1. The molecule has 0 fully saturated rings. The van der Waals surface area contributed by atoms with E-state index in [0.29, 0.717) is 0 Å². The molecule has 0 heterocycles. The minimum Gasteiger partial charge on any atom is -0.204 e. The third kappa shape index (κ3) is 1.75. The first-order chi connectivity index (χ1) is 6.20. The number of rotatable bonds is 1. The number of isothiocyanates is 1. The lowest BCUT2D eigenvalue weighted by Crippen LogP contribution is -1.87. The quantitative estimate of drug-likeness (QED) is 0.511. The van der Waals surface area contributed by atoms with Crippen molar-refractivity contribution in [2.24, 2.45) is 4.99 Å². The molecule has 0 aromatic heterocycles. The number of benzene rings is 1. The Morgan fingerprint density at radius 2 is 2.08 bits per heavy atom. The van der Waals surface area contributed by atoms with Gasteiger partial charge in [0.1, 0.15) is 11.8 Å². The van der Waals surface area contributed by atoms with Crippen molar-refractivity contribution in [3.8, 4) is 6.07 Å². The van der Waals surface area contributed by atoms with E-state index in [0.717, 1.165) is 12.1 Å². The second-order valence-electron chi connectivity index (χ2n) is 2.07. The summed E-state index contributed by atoms with van der Waals surface area (Å²) in [6, 6.07) is 3.54. The van der Waals surface area contributed by atoms with Gasteiger partial charge in [0.2, 0.25) is 0 Å². The van der Waals surface area contributed by atoms with Crippen molar-refractivity contribution in [3.63, 3.8) is 0 Å². The van der Waals surface area contributed by atoms with E-state index in [-0.39, 0.29) is 5.56 Å². The van der Waals surface area contributed by atoms with Crippen LogP contribution >= 0.6 is 12.2 Å². The summed E-state index contributed by atoms with van der Waals surface area (Å²) >= 11 is 4.20. The predicted octanol–water partition coefficient (Wildman–Crippen LogP) is 2.57. The highest BCUT2D eigenvalue weighted by Gasteiger charge is 2.11. The minimum atomic E-state index is -1.01. The fourth-order valence-electron chi connectivity index (χ4n) is 0.775. The largest absolute Gasteiger partial charge is 0.204 e. The number of thiocarbonyl (C=S) groups is 1. The van der Waals surface area contributed by atoms with E-state index in [2.05, 4.69) is 17.2 Å². The number of hydrogen-bond donors (Lipinski definition) is 0. The molecule has 0 aliphatic heterocycles. The normalized spacial score (nSPS) is 8.69. The second kappa shape index (κ2) is 3.85. The van der Waals surface area contributed by atoms with Crippen LogP contribution in [0.25, 0.3) is 0 Å². The van der Waals surface area contributed by atoms with E-state index in [1.807, 2.05) is 5.16 Å². The van der Waals surface area contributed by atoms with Crippen LogP contribution in [0.5, 0.6) is 0 Å². The van der Waals surface area contributed by atoms with Crippen LogP contribution in [0.3, 0.4) is 0 Å². The number of halogens is 2. The monoisotopic (exact) mass is 196 g/mol. The number of hydrogen-bond acceptors (Lipinski definition) is 3. The highest BCUT2D eigenvalue weighted by Crippen LogP contribution is 2.23. The molecule has 0 N–H and O–H groups in total. The molecule has 0 spiro atoms. The summed E-state index contributed by atoms with van der Waals surface area (Å²) in [5.41, 5.74) is -0.848. The van der Waals surface area contributed by atoms with Crippen molar-refractivity contribution >= 4 is 23.1 Å². The molecule has 0 bridgehead atoms. The van der Waals surface area contributed by atoms with E-state index in [1.54, 1.807) is 6.07 Å². The first kappa shape index (κ1) is 9.46. The molecule has 0 saturated heterocycles. The van der Waals surface area contributed by atoms with Crippen LogP contribution in [-0.2, 0) is 0 Å². The Balaban J connectivity index is 3.49. The molecule has 0 unspecified atom stereocenters. The van der Waals surface area contributed by atoms with E-state index >= 15 is 0 Å². The lowest BCUT2D eigenvalue weighted by molar-refractivity contribution is 0.585. The topological polar surface area (TPSA) is 36.1 Å². The van der Waals surface area contributed by atoms with Gasteiger partial charge in [-0.3, -0.25) is 0 Å². The van der Waals surface area contributed by atoms with Crippen LogP contribution in [0.1, 0.15) is 5.56 Å². The van der Waals surface area contributed by atoms with E-state index in [4.69, 9.17) is 5.26 Å². The zero-order valence-corrected chi connectivity index (χ0v) is 7.03. The summed E-state index contributed by atoms with van der Waals surface area (Å²) in [4.78, 5) is 3.18. The minimum absolute atomic E-state index is 0.273. The first-order valence-corrected chi connectivity index (χ1v) is 3.57. The van der Waals surface area contributed by atoms with Crippen molar-refractivity contribution in [1.29, 1.82) is 5.26 Å². The molecule has 13 heavy (non-hydrogen) atoms. The van der Waals surface area contributed by atoms with Crippen LogP contribution in [-0.4, -0.2) is 5.16 Å². The van der Waals surface area contributed by atoms with Gasteiger partial charge < -0.3 is 0 Å². The van der Waals surface area contributed by atoms with Gasteiger partial charge in [-0.15, -0.1) is 0 Å². The van der Waals surface area contributed by atoms with Crippen molar-refractivity contribution in [2.75, 3.05) is 0 Å². The zero-order valence-electron chi connectivity index (χ0n) is 6.21. The highest BCUT2D eigenvalue weighted by molar-refractivity contribution is 7.78. The first-order valence-electron chi connectivity index (χ1n) is 3.16. The Bertz CT molecular complexity index is 431. The molecular weight excluding hydrogens is 194 g/mol. The van der Waals surface area contributed by atoms with Crippen molar-refractivity contribution in [2.45, 2.75) is 0 Å². The van der Waals surface area contributed by atoms with Gasteiger partial charge in [-0.1, -0.05) is 0 Å². The maximum atomic E-state index is 13.1. The second-order valence-corrected chi connectivity index (χ2v) is 2.26. The van der Waals surface area contributed by atoms with E-state index in [9.17, 15) is 8.78 Å². The van der Waals surface area contributed by atoms with Gasteiger partial charge in [0, 0.05) is 0 Å². The summed E-state index contributed by atoms with van der Waals surface area (Å²) in [6.45, 7) is 0. The average molecular weight is 196 g/mol. The number of nitriles is 1. The van der Waals surface area contributed by atoms with Crippen LogP contribution < -0.4 is 0 Å². The van der Waals surface area contributed by atoms with Crippen molar-refractivity contribution < 1.29 is 8.78 Å². The Morgan fingerprint density at radius 3 is 2.62 bits per heavy atom. The maximum absolute atomic E-state index is 13.1. The molecule has 0 aliphatic rings. The summed E-state index contributed by atoms with van der Waals surface area (Å²) in [5, 5.41) is 10.2. The van der Waals surface area contributed by atoms with Gasteiger partial charge in [0.25, 0.3) is 0 Å². The molecule has 1 aromatic rings. The Hall–Kier alpha value is -1.63. The summed E-state index contributed by atoms with van der Waals surface area (Å²) in [6.07, 6.45) is 0. The summed E-state index contributed by atoms with van der Waals surface area (Å²) in [5.74, 6) is -1.88. The molecular formula is C8H2F2N2S. The fraction of sp³-hybridized carbons (Fsp3) is 0. The van der Waals surface area contributed by atoms with Crippen LogP contribution in [0.15, 0.2) is 17.1 Å². The molecule has 1 rings (SSSR count). The molecule has 0 saturated carbocycles. The summed E-state index contributed by atoms with van der Waals surface area (Å²) < 4.78 is 25.9. The molecule has 5 heteroatoms. The Morgan fingerprint density at radius 1 is 1.38 bits per heavy atom. The highest BCUT2D eigenvalue weighted by atomic mass is 32.1. The van der Waals surface area contributed by atoms with Crippen LogP contribution in [0.4, 0.5) is 14.5 Å². The zero-order chi connectivity index (χ0) is 9.84. The fourth-order valence-corrected chi connectivity index (χ4v) is 0.867. The van der Waals surface area contributed by atoms with Gasteiger partial charge in [0.15, 0.2) is 11.6 Å². The molecule has 0 amide bonds. The molecule has 1 aromatic carbocycles. The summed E-state index contributed by atoms with van der Waals surface area (Å²) in [7, 11) is 0. The van der Waals surface area contributed by atoms with Gasteiger partial charge >= 0.3 is 0 Å². The Labute approximate surface area is 78.1 Å². The third-order valence-corrected chi connectivity index (χ3v) is 1.44. The molecule has 0 aliphatic carbocycles. The lowest BCUT2D eigenvalue weighted by Gasteiger charge is -1.97. The maximum Gasteiger partial charge on any atom is 0.170 e. The van der Waals surface area contributed by atoms with E-state index in [1.165, 1.54) is 0 Å². The van der Waals surface area contributed by atoms with Gasteiger partial charge in [-0.25, -0.2) is 8.78 Å². The molecule has 0 radical (unpaired) electrons. The van der Waals surface area contributed by atoms with Crippen LogP contribution in [0.2, 0.25) is 0 Å². The predicted molar refractivity (Wildman–Crippen MR) is 45.8 cm³/mol. The molecule has 2 nitrogen and oxygen atoms in total. The molecule has 0 atom stereocenters. The van der Waals surface area contributed by atoms with Gasteiger partial charge in [-0.2, -0.15) is 10.3 Å². The molecule has 64 valence electrons. The van der Waals surface area contributed by atoms with Gasteiger partial charge in [0.05, 0.1) is 10.7 Å². The van der Waals surface area contributed by atoms with Crippen molar-refractivity contribution in [1.82, 2.24) is 0 Å². The Kier molecular flexibility index (Phi) is 2.80. The SMILES string of the molecule is N#Cc1ccc(F)c(N=C=S)c1F. The average Bonchev–Trinajstić information content (AvgIpc) is 2.12. The number of nitrogens with zero attached hydrogens (tertiary/aromatic N) is 2. The lowest BCUT2D eigenvalue weighted by atomic mass is 10.2. The van der Waals surface area contributed by atoms with E-state index < -0.39 is 17.3 Å². The van der Waals surface area contributed by atoms with Crippen molar-refractivity contribution in [3.05, 3.63) is 29.3 Å². The standard InChI is InChI=1S/C8H2F2N2S/c9-6-2-1-5(3-11)7(10)8(6)12-4-13/h1-2H. The van der Waals surface area contributed by atoms with Crippen LogP contribution in [0, 0.1) is 23.0 Å².